The number of hydrogen-bond acceptors (Lipinski definition) is 3. The Morgan fingerprint density at radius 2 is 2.07 bits per heavy atom. The summed E-state index contributed by atoms with van der Waals surface area (Å²) in [6, 6.07) is 0.0579. The number of hydrogen-bond donors (Lipinski definition) is 2. The Labute approximate surface area is 89.4 Å². The normalized spacial score (nSPS) is 26.1. The molecule has 86 valence electrons. The van der Waals surface area contributed by atoms with Gasteiger partial charge in [-0.05, 0) is 27.4 Å². The first kappa shape index (κ1) is 12.0. The Kier molecular flexibility index (Phi) is 3.68. The molecule has 15 heavy (non-hydrogen) atoms. The van der Waals surface area contributed by atoms with Crippen molar-refractivity contribution in [3.05, 3.63) is 0 Å². The SMILES string of the molecule is CC(CN(C)C)NC(=O)C1CC1C(=O)O. The number of aliphatic carboxylic acids is 1. The predicted octanol–water partition coefficient (Wildman–Crippen LogP) is -0.227. The highest BCUT2D eigenvalue weighted by Crippen LogP contribution is 2.38. The highest BCUT2D eigenvalue weighted by Gasteiger charge is 2.48. The van der Waals surface area contributed by atoms with E-state index in [-0.39, 0.29) is 17.9 Å². The molecule has 1 aliphatic rings. The van der Waals surface area contributed by atoms with Crippen molar-refractivity contribution in [2.75, 3.05) is 20.6 Å². The molecule has 3 unspecified atom stereocenters. The summed E-state index contributed by atoms with van der Waals surface area (Å²) in [4.78, 5) is 24.0. The van der Waals surface area contributed by atoms with Crippen LogP contribution in [0.3, 0.4) is 0 Å². The zero-order valence-electron chi connectivity index (χ0n) is 9.36. The number of likely N-dealkylation sites (N-methyl/N-ethyl adjacent to an activating group) is 1. The zero-order valence-corrected chi connectivity index (χ0v) is 9.36. The summed E-state index contributed by atoms with van der Waals surface area (Å²) in [5.41, 5.74) is 0. The van der Waals surface area contributed by atoms with Crippen molar-refractivity contribution in [2.24, 2.45) is 11.8 Å². The summed E-state index contributed by atoms with van der Waals surface area (Å²) in [6.45, 7) is 2.67. The van der Waals surface area contributed by atoms with Gasteiger partial charge in [0.2, 0.25) is 5.91 Å². The van der Waals surface area contributed by atoms with Crippen LogP contribution >= 0.6 is 0 Å². The second kappa shape index (κ2) is 4.61. The molecule has 3 atom stereocenters. The first-order chi connectivity index (χ1) is 6.91. The molecule has 1 aliphatic carbocycles. The van der Waals surface area contributed by atoms with E-state index < -0.39 is 11.9 Å². The van der Waals surface area contributed by atoms with Gasteiger partial charge in [-0.2, -0.15) is 0 Å². The lowest BCUT2D eigenvalue weighted by atomic mass is 10.2. The number of amides is 1. The number of carbonyl (C=O) groups excluding carboxylic acids is 1. The van der Waals surface area contributed by atoms with E-state index in [2.05, 4.69) is 5.32 Å². The van der Waals surface area contributed by atoms with Crippen LogP contribution in [0.4, 0.5) is 0 Å². The highest BCUT2D eigenvalue weighted by molar-refractivity contribution is 5.89. The van der Waals surface area contributed by atoms with Crippen molar-refractivity contribution >= 4 is 11.9 Å². The van der Waals surface area contributed by atoms with Crippen LogP contribution in [0.1, 0.15) is 13.3 Å². The van der Waals surface area contributed by atoms with Gasteiger partial charge in [0, 0.05) is 12.6 Å². The fraction of sp³-hybridized carbons (Fsp3) is 0.800. The van der Waals surface area contributed by atoms with E-state index in [4.69, 9.17) is 5.11 Å². The number of carboxylic acids is 1. The van der Waals surface area contributed by atoms with Crippen LogP contribution in [0.15, 0.2) is 0 Å². The number of carboxylic acid groups (broad SMARTS) is 1. The molecule has 0 saturated heterocycles. The molecular formula is C10H18N2O3. The summed E-state index contributed by atoms with van der Waals surface area (Å²) in [6.07, 6.45) is 0.482. The Morgan fingerprint density at radius 3 is 2.47 bits per heavy atom. The van der Waals surface area contributed by atoms with E-state index in [9.17, 15) is 9.59 Å². The minimum Gasteiger partial charge on any atom is -0.481 e. The van der Waals surface area contributed by atoms with Crippen LogP contribution in [-0.4, -0.2) is 48.6 Å². The quantitative estimate of drug-likeness (QED) is 0.663. The van der Waals surface area contributed by atoms with Crippen LogP contribution in [0, 0.1) is 11.8 Å². The maximum absolute atomic E-state index is 11.5. The predicted molar refractivity (Wildman–Crippen MR) is 55.4 cm³/mol. The van der Waals surface area contributed by atoms with Crippen molar-refractivity contribution < 1.29 is 14.7 Å². The Morgan fingerprint density at radius 1 is 1.47 bits per heavy atom. The average molecular weight is 214 g/mol. The summed E-state index contributed by atoms with van der Waals surface area (Å²) in [5.74, 6) is -1.77. The lowest BCUT2D eigenvalue weighted by Gasteiger charge is -2.18. The van der Waals surface area contributed by atoms with Gasteiger partial charge < -0.3 is 15.3 Å². The maximum atomic E-state index is 11.5. The van der Waals surface area contributed by atoms with Crippen LogP contribution in [0.5, 0.6) is 0 Å². The first-order valence-electron chi connectivity index (χ1n) is 5.09. The Hall–Kier alpha value is -1.10. The molecule has 0 bridgehead atoms. The van der Waals surface area contributed by atoms with Gasteiger partial charge in [0.1, 0.15) is 0 Å². The average Bonchev–Trinajstić information content (AvgIpc) is 2.79. The Balaban J connectivity index is 2.28. The molecule has 0 aromatic carbocycles. The van der Waals surface area contributed by atoms with Gasteiger partial charge in [-0.15, -0.1) is 0 Å². The van der Waals surface area contributed by atoms with E-state index in [1.807, 2.05) is 25.9 Å². The van der Waals surface area contributed by atoms with Crippen molar-refractivity contribution in [2.45, 2.75) is 19.4 Å². The first-order valence-corrected chi connectivity index (χ1v) is 5.09. The minimum absolute atomic E-state index is 0.0579. The van der Waals surface area contributed by atoms with Gasteiger partial charge >= 0.3 is 5.97 Å². The standard InChI is InChI=1S/C10H18N2O3/c1-6(5-12(2)3)11-9(13)7-4-8(7)10(14)15/h6-8H,4-5H2,1-3H3,(H,11,13)(H,14,15). The molecule has 5 heteroatoms. The third-order valence-corrected chi connectivity index (χ3v) is 2.47. The molecule has 0 spiro atoms. The van der Waals surface area contributed by atoms with Crippen LogP contribution < -0.4 is 5.32 Å². The lowest BCUT2D eigenvalue weighted by Crippen LogP contribution is -2.40. The molecule has 2 N–H and O–H groups in total. The molecular weight excluding hydrogens is 196 g/mol. The number of carbonyl (C=O) groups is 2. The van der Waals surface area contributed by atoms with Gasteiger partial charge in [0.05, 0.1) is 11.8 Å². The van der Waals surface area contributed by atoms with Crippen LogP contribution in [0.2, 0.25) is 0 Å². The molecule has 1 amide bonds. The van der Waals surface area contributed by atoms with Gasteiger partial charge in [-0.25, -0.2) is 0 Å². The molecule has 1 fully saturated rings. The summed E-state index contributed by atoms with van der Waals surface area (Å²) < 4.78 is 0. The van der Waals surface area contributed by atoms with Gasteiger partial charge in [0.15, 0.2) is 0 Å². The molecule has 1 rings (SSSR count). The minimum atomic E-state index is -0.865. The molecule has 0 heterocycles. The largest absolute Gasteiger partial charge is 0.481 e. The third-order valence-electron chi connectivity index (χ3n) is 2.47. The fourth-order valence-corrected chi connectivity index (χ4v) is 1.70. The van der Waals surface area contributed by atoms with Gasteiger partial charge in [-0.3, -0.25) is 9.59 Å². The topological polar surface area (TPSA) is 69.6 Å². The van der Waals surface area contributed by atoms with Gasteiger partial charge in [0.25, 0.3) is 0 Å². The van der Waals surface area contributed by atoms with Crippen molar-refractivity contribution in [3.63, 3.8) is 0 Å². The maximum Gasteiger partial charge on any atom is 0.307 e. The van der Waals surface area contributed by atoms with Crippen molar-refractivity contribution in [1.82, 2.24) is 10.2 Å². The van der Waals surface area contributed by atoms with E-state index in [0.717, 1.165) is 6.54 Å². The second-order valence-corrected chi connectivity index (χ2v) is 4.46. The smallest absolute Gasteiger partial charge is 0.307 e. The molecule has 1 saturated carbocycles. The van der Waals surface area contributed by atoms with E-state index >= 15 is 0 Å². The zero-order chi connectivity index (χ0) is 11.6. The number of nitrogens with zero attached hydrogens (tertiary/aromatic N) is 1. The molecule has 0 aromatic rings. The molecule has 0 radical (unpaired) electrons. The summed E-state index contributed by atoms with van der Waals surface area (Å²) >= 11 is 0. The van der Waals surface area contributed by atoms with E-state index in [1.54, 1.807) is 0 Å². The number of rotatable bonds is 5. The van der Waals surface area contributed by atoms with Gasteiger partial charge in [-0.1, -0.05) is 0 Å². The lowest BCUT2D eigenvalue weighted by molar-refractivity contribution is -0.140. The molecule has 0 aliphatic heterocycles. The van der Waals surface area contributed by atoms with Crippen LogP contribution in [0.25, 0.3) is 0 Å². The monoisotopic (exact) mass is 214 g/mol. The van der Waals surface area contributed by atoms with E-state index in [1.165, 1.54) is 0 Å². The summed E-state index contributed by atoms with van der Waals surface area (Å²) in [5, 5.41) is 11.5. The van der Waals surface area contributed by atoms with E-state index in [0.29, 0.717) is 6.42 Å². The molecule has 0 aromatic heterocycles. The highest BCUT2D eigenvalue weighted by atomic mass is 16.4. The number of nitrogens with one attached hydrogen (secondary N) is 1. The molecule has 5 nitrogen and oxygen atoms in total. The van der Waals surface area contributed by atoms with Crippen LogP contribution in [-0.2, 0) is 9.59 Å². The van der Waals surface area contributed by atoms with Crippen molar-refractivity contribution in [1.29, 1.82) is 0 Å². The summed E-state index contributed by atoms with van der Waals surface area (Å²) in [7, 11) is 3.86. The third kappa shape index (κ3) is 3.51. The van der Waals surface area contributed by atoms with Crippen molar-refractivity contribution in [3.8, 4) is 0 Å². The second-order valence-electron chi connectivity index (χ2n) is 4.46. The Bertz CT molecular complexity index is 265. The fourth-order valence-electron chi connectivity index (χ4n) is 1.70.